The highest BCUT2D eigenvalue weighted by Gasteiger charge is 2.43. The van der Waals surface area contributed by atoms with Crippen LogP contribution in [0.15, 0.2) is 36.4 Å². The van der Waals surface area contributed by atoms with Crippen molar-refractivity contribution in [1.29, 1.82) is 0 Å². The smallest absolute Gasteiger partial charge is 0.338 e. The van der Waals surface area contributed by atoms with Crippen LogP contribution in [0.1, 0.15) is 87.2 Å². The van der Waals surface area contributed by atoms with E-state index >= 15 is 0 Å². The lowest BCUT2D eigenvalue weighted by atomic mass is 9.70. The Morgan fingerprint density at radius 3 is 2.70 bits per heavy atom. The Hall–Kier alpha value is -1.94. The van der Waals surface area contributed by atoms with Crippen LogP contribution in [0, 0.1) is 5.92 Å². The average molecular weight is 649 g/mol. The van der Waals surface area contributed by atoms with E-state index in [0.29, 0.717) is 29.8 Å². The zero-order valence-corrected chi connectivity index (χ0v) is 28.0. The van der Waals surface area contributed by atoms with Crippen LogP contribution in [0.5, 0.6) is 5.75 Å². The number of hydrogen-bond donors (Lipinski definition) is 1. The molecule has 1 saturated carbocycles. The number of unbranched alkanes of at least 4 members (excludes halogenated alkanes) is 2. The Morgan fingerprint density at radius 1 is 1.16 bits per heavy atom. The molecule has 1 aliphatic heterocycles. The summed E-state index contributed by atoms with van der Waals surface area (Å²) in [4.78, 5) is 15.6. The molecule has 0 bridgehead atoms. The van der Waals surface area contributed by atoms with Gasteiger partial charge in [-0.05, 0) is 119 Å². The molecule has 0 amide bonds. The van der Waals surface area contributed by atoms with Crippen LogP contribution >= 0.6 is 23.4 Å². The molecule has 0 radical (unpaired) electrons. The number of sulfonamides is 1. The summed E-state index contributed by atoms with van der Waals surface area (Å²) in [6, 6.07) is 12.0. The van der Waals surface area contributed by atoms with E-state index in [0.717, 1.165) is 67.4 Å². The van der Waals surface area contributed by atoms with Crippen LogP contribution in [0.25, 0.3) is 0 Å². The molecular formula is C33H45ClN2O5S2. The molecule has 1 spiro atoms. The third kappa shape index (κ3) is 8.21. The average Bonchev–Trinajstić information content (AvgIpc) is 3.06. The number of fused-ring (bicyclic) bond motifs is 3. The number of nitrogens with zero attached hydrogens (tertiary/aromatic N) is 1. The first-order valence-corrected chi connectivity index (χ1v) is 18.6. The third-order valence-electron chi connectivity index (χ3n) is 8.88. The standard InChI is InChI=1S/C33H45ClN2O5S2/c1-32(2,3)41-31(37)24-9-13-29-28(19-24)36(20-25-10-14-30(25)42-16-5-4-6-17-43(35,38)39)21-33(22-40-29)15-7-8-23-18-26(34)11-12-27(23)33/h9,11-13,18-19,25,30H,4-8,10,14-17,20-22H2,1-3H3,(H2,35,38,39)/t25-,30-,33-/m0/s1. The molecule has 2 aliphatic carbocycles. The van der Waals surface area contributed by atoms with E-state index < -0.39 is 15.6 Å². The number of carbonyl (C=O) groups excluding carboxylic acids is 1. The van der Waals surface area contributed by atoms with Crippen molar-refractivity contribution >= 4 is 45.0 Å². The highest BCUT2D eigenvalue weighted by atomic mass is 35.5. The summed E-state index contributed by atoms with van der Waals surface area (Å²) in [5.74, 6) is 2.08. The number of hydrogen-bond acceptors (Lipinski definition) is 7. The summed E-state index contributed by atoms with van der Waals surface area (Å²) in [7, 11) is -3.38. The lowest BCUT2D eigenvalue weighted by molar-refractivity contribution is 0.00695. The minimum Gasteiger partial charge on any atom is -0.490 e. The summed E-state index contributed by atoms with van der Waals surface area (Å²) < 4.78 is 34.7. The van der Waals surface area contributed by atoms with Crippen LogP contribution in [-0.4, -0.2) is 56.4 Å². The van der Waals surface area contributed by atoms with Crippen molar-refractivity contribution in [2.45, 2.75) is 88.4 Å². The Kier molecular flexibility index (Phi) is 9.96. The van der Waals surface area contributed by atoms with Gasteiger partial charge in [-0.2, -0.15) is 11.8 Å². The second-order valence-electron chi connectivity index (χ2n) is 13.5. The quantitative estimate of drug-likeness (QED) is 0.225. The maximum atomic E-state index is 13.1. The van der Waals surface area contributed by atoms with E-state index in [1.807, 2.05) is 56.8 Å². The predicted molar refractivity (Wildman–Crippen MR) is 176 cm³/mol. The molecule has 2 N–H and O–H groups in total. The van der Waals surface area contributed by atoms with E-state index in [-0.39, 0.29) is 17.1 Å². The molecule has 3 aliphatic rings. The van der Waals surface area contributed by atoms with E-state index in [1.54, 1.807) is 0 Å². The molecule has 1 heterocycles. The number of nitrogens with two attached hydrogens (primary N) is 1. The second-order valence-corrected chi connectivity index (χ2v) is 17.0. The van der Waals surface area contributed by atoms with Crippen LogP contribution in [-0.2, 0) is 26.6 Å². The number of thioether (sulfide) groups is 1. The molecule has 236 valence electrons. The predicted octanol–water partition coefficient (Wildman–Crippen LogP) is 6.74. The van der Waals surface area contributed by atoms with Gasteiger partial charge in [0.15, 0.2) is 0 Å². The zero-order chi connectivity index (χ0) is 30.8. The number of primary sulfonamides is 1. The lowest BCUT2D eigenvalue weighted by Gasteiger charge is -2.44. The van der Waals surface area contributed by atoms with Gasteiger partial charge in [-0.3, -0.25) is 0 Å². The zero-order valence-electron chi connectivity index (χ0n) is 25.6. The molecule has 7 nitrogen and oxygen atoms in total. The largest absolute Gasteiger partial charge is 0.490 e. The Morgan fingerprint density at radius 2 is 1.98 bits per heavy atom. The first-order valence-electron chi connectivity index (χ1n) is 15.5. The van der Waals surface area contributed by atoms with Crippen LogP contribution < -0.4 is 14.8 Å². The van der Waals surface area contributed by atoms with Gasteiger partial charge in [0.2, 0.25) is 10.0 Å². The van der Waals surface area contributed by atoms with Crippen molar-refractivity contribution in [3.63, 3.8) is 0 Å². The summed E-state index contributed by atoms with van der Waals surface area (Å²) >= 11 is 8.42. The number of ether oxygens (including phenoxy) is 2. The van der Waals surface area contributed by atoms with Crippen molar-refractivity contribution in [2.75, 3.05) is 36.1 Å². The van der Waals surface area contributed by atoms with Crippen molar-refractivity contribution in [2.24, 2.45) is 11.1 Å². The molecule has 0 saturated heterocycles. The topological polar surface area (TPSA) is 98.9 Å². The van der Waals surface area contributed by atoms with E-state index in [4.69, 9.17) is 26.2 Å². The molecular weight excluding hydrogens is 604 g/mol. The number of benzene rings is 2. The first-order chi connectivity index (χ1) is 20.3. The van der Waals surface area contributed by atoms with Crippen LogP contribution in [0.4, 0.5) is 5.69 Å². The second kappa shape index (κ2) is 13.2. The fourth-order valence-corrected chi connectivity index (χ4v) is 8.92. The number of esters is 1. The molecule has 10 heteroatoms. The first kappa shape index (κ1) is 32.5. The van der Waals surface area contributed by atoms with Gasteiger partial charge in [-0.25, -0.2) is 18.4 Å². The summed E-state index contributed by atoms with van der Waals surface area (Å²) in [6.45, 7) is 7.94. The molecule has 2 aromatic carbocycles. The number of rotatable bonds is 10. The number of anilines is 1. The summed E-state index contributed by atoms with van der Waals surface area (Å²) in [6.07, 6.45) is 7.97. The summed E-state index contributed by atoms with van der Waals surface area (Å²) in [5, 5.41) is 6.47. The van der Waals surface area contributed by atoms with Gasteiger partial charge in [0.1, 0.15) is 11.4 Å². The molecule has 3 atom stereocenters. The Balaban J connectivity index is 1.36. The summed E-state index contributed by atoms with van der Waals surface area (Å²) in [5.41, 5.74) is 3.38. The SMILES string of the molecule is CC(C)(C)OC(=O)c1ccc2c(c1)N(C[C@@H]1CC[C@@H]1SCCCCCS(N)(=O)=O)C[C@@]1(CCCc3cc(Cl)ccc31)CO2. The van der Waals surface area contributed by atoms with Gasteiger partial charge in [0, 0.05) is 28.8 Å². The van der Waals surface area contributed by atoms with Crippen LogP contribution in [0.3, 0.4) is 0 Å². The number of halogens is 1. The minimum atomic E-state index is -3.38. The van der Waals surface area contributed by atoms with E-state index in [2.05, 4.69) is 17.0 Å². The fraction of sp³-hybridized carbons (Fsp3) is 0.606. The maximum absolute atomic E-state index is 13.1. The van der Waals surface area contributed by atoms with Gasteiger partial charge in [-0.1, -0.05) is 24.1 Å². The van der Waals surface area contributed by atoms with E-state index in [1.165, 1.54) is 24.0 Å². The van der Waals surface area contributed by atoms with Crippen LogP contribution in [0.2, 0.25) is 5.02 Å². The van der Waals surface area contributed by atoms with Gasteiger partial charge < -0.3 is 14.4 Å². The van der Waals surface area contributed by atoms with E-state index in [9.17, 15) is 13.2 Å². The maximum Gasteiger partial charge on any atom is 0.338 e. The molecule has 0 unspecified atom stereocenters. The number of carbonyl (C=O) groups is 1. The Bertz CT molecular complexity index is 1430. The third-order valence-corrected chi connectivity index (χ3v) is 11.5. The minimum absolute atomic E-state index is 0.0581. The van der Waals surface area contributed by atoms with Gasteiger partial charge in [-0.15, -0.1) is 0 Å². The molecule has 1 fully saturated rings. The molecule has 43 heavy (non-hydrogen) atoms. The highest BCUT2D eigenvalue weighted by Crippen LogP contribution is 2.46. The molecule has 2 aromatic rings. The van der Waals surface area contributed by atoms with Crippen molar-refractivity contribution < 1.29 is 22.7 Å². The van der Waals surface area contributed by atoms with Crippen molar-refractivity contribution in [3.8, 4) is 5.75 Å². The molecule has 5 rings (SSSR count). The highest BCUT2D eigenvalue weighted by molar-refractivity contribution is 7.99. The van der Waals surface area contributed by atoms with Gasteiger partial charge in [0.25, 0.3) is 0 Å². The fourth-order valence-electron chi connectivity index (χ4n) is 6.64. The van der Waals surface area contributed by atoms with Gasteiger partial charge in [0.05, 0.1) is 23.6 Å². The monoisotopic (exact) mass is 648 g/mol. The van der Waals surface area contributed by atoms with Crippen molar-refractivity contribution in [1.82, 2.24) is 0 Å². The number of aryl methyl sites for hydroxylation is 1. The van der Waals surface area contributed by atoms with Gasteiger partial charge >= 0.3 is 5.97 Å². The normalized spacial score (nSPS) is 23.5. The molecule has 0 aromatic heterocycles. The van der Waals surface area contributed by atoms with Crippen molar-refractivity contribution in [3.05, 3.63) is 58.1 Å². The lowest BCUT2D eigenvalue weighted by Crippen LogP contribution is -2.49. The Labute approximate surface area is 266 Å².